The van der Waals surface area contributed by atoms with Gasteiger partial charge in [-0.25, -0.2) is 8.42 Å². The molecule has 1 unspecified atom stereocenters. The van der Waals surface area contributed by atoms with Gasteiger partial charge in [0.2, 0.25) is 9.84 Å². The molecule has 0 spiro atoms. The van der Waals surface area contributed by atoms with Crippen molar-refractivity contribution >= 4 is 27.5 Å². The minimum atomic E-state index is -3.99. The van der Waals surface area contributed by atoms with Gasteiger partial charge in [0.25, 0.3) is 5.91 Å². The third-order valence-electron chi connectivity index (χ3n) is 5.44. The number of amides is 1. The summed E-state index contributed by atoms with van der Waals surface area (Å²) in [6, 6.07) is 22.9. The maximum Gasteiger partial charge on any atom is 0.271 e. The molecular weight excluding hydrogens is 450 g/mol. The predicted octanol–water partition coefficient (Wildman–Crippen LogP) is 5.15. The largest absolute Gasteiger partial charge is 0.496 e. The first-order valence-electron chi connectivity index (χ1n) is 10.8. The van der Waals surface area contributed by atoms with Crippen molar-refractivity contribution in [3.05, 3.63) is 107 Å². The minimum absolute atomic E-state index is 0.263. The summed E-state index contributed by atoms with van der Waals surface area (Å²) in [5.74, 6) is 0.714. The Balaban J connectivity index is 1.77. The number of hydrogen-bond acceptors (Lipinski definition) is 5. The lowest BCUT2D eigenvalue weighted by molar-refractivity contribution is -0.114. The first kappa shape index (κ1) is 23.3. The molecule has 1 atom stereocenters. The van der Waals surface area contributed by atoms with Gasteiger partial charge in [0.15, 0.2) is 5.37 Å². The molecule has 0 radical (unpaired) electrons. The van der Waals surface area contributed by atoms with Crippen molar-refractivity contribution in [1.82, 2.24) is 0 Å². The number of nitrogens with zero attached hydrogens (tertiary/aromatic N) is 1. The van der Waals surface area contributed by atoms with Crippen LogP contribution in [-0.4, -0.2) is 28.0 Å². The molecule has 34 heavy (non-hydrogen) atoms. The third kappa shape index (κ3) is 4.47. The van der Waals surface area contributed by atoms with Crippen molar-refractivity contribution in [2.75, 3.05) is 18.6 Å². The molecule has 1 saturated heterocycles. The van der Waals surface area contributed by atoms with Gasteiger partial charge in [-0.05, 0) is 48.9 Å². The summed E-state index contributed by atoms with van der Waals surface area (Å²) >= 11 is 0. The molecule has 4 rings (SSSR count). The van der Waals surface area contributed by atoms with E-state index in [2.05, 4.69) is 0 Å². The van der Waals surface area contributed by atoms with Gasteiger partial charge in [-0.15, -0.1) is 0 Å². The summed E-state index contributed by atoms with van der Waals surface area (Å²) in [6.45, 7) is 2.39. The van der Waals surface area contributed by atoms with Crippen LogP contribution in [0.25, 0.3) is 6.08 Å². The van der Waals surface area contributed by atoms with Crippen LogP contribution in [0.4, 0.5) is 5.69 Å². The molecule has 1 fully saturated rings. The van der Waals surface area contributed by atoms with Gasteiger partial charge in [0, 0.05) is 11.3 Å². The highest BCUT2D eigenvalue weighted by molar-refractivity contribution is 7.97. The van der Waals surface area contributed by atoms with E-state index < -0.39 is 21.1 Å². The molecule has 0 aromatic heterocycles. The van der Waals surface area contributed by atoms with Crippen molar-refractivity contribution < 1.29 is 22.7 Å². The molecule has 1 heterocycles. The van der Waals surface area contributed by atoms with Crippen LogP contribution in [0.2, 0.25) is 0 Å². The molecule has 0 bridgehead atoms. The van der Waals surface area contributed by atoms with Gasteiger partial charge in [0.1, 0.15) is 16.4 Å². The van der Waals surface area contributed by atoms with Crippen molar-refractivity contribution in [1.29, 1.82) is 0 Å². The fraction of sp³-hybridized carbons (Fsp3) is 0.148. The third-order valence-corrected chi connectivity index (χ3v) is 7.43. The van der Waals surface area contributed by atoms with E-state index in [1.54, 1.807) is 73.9 Å². The second-order valence-corrected chi connectivity index (χ2v) is 9.52. The number of rotatable bonds is 7. The van der Waals surface area contributed by atoms with E-state index in [1.165, 1.54) is 11.0 Å². The summed E-state index contributed by atoms with van der Waals surface area (Å²) < 4.78 is 38.0. The van der Waals surface area contributed by atoms with Crippen LogP contribution in [-0.2, 0) is 14.6 Å². The number of hydrogen-bond donors (Lipinski definition) is 0. The lowest BCUT2D eigenvalue weighted by atomic mass is 10.1. The zero-order chi connectivity index (χ0) is 24.1. The number of allylic oxidation sites excluding steroid dienone is 2. The maximum absolute atomic E-state index is 13.6. The van der Waals surface area contributed by atoms with Gasteiger partial charge in [0.05, 0.1) is 13.7 Å². The number of para-hydroxylation sites is 1. The first-order chi connectivity index (χ1) is 16.5. The number of sulfone groups is 1. The van der Waals surface area contributed by atoms with Gasteiger partial charge in [-0.2, -0.15) is 0 Å². The van der Waals surface area contributed by atoms with E-state index in [9.17, 15) is 13.2 Å². The zero-order valence-electron chi connectivity index (χ0n) is 18.9. The standard InChI is InChI=1S/C27H25NO5S/c1-3-33-23-18-16-22(17-19-23)28-26(29)25(15-9-13-20-10-7-8-14-24(20)32-2)34(30,31)27(28)21-11-5-4-6-12-21/h4-19,27H,3H2,1-2H3. The summed E-state index contributed by atoms with van der Waals surface area (Å²) in [5, 5.41) is -1.16. The number of benzene rings is 3. The molecule has 0 saturated carbocycles. The van der Waals surface area contributed by atoms with Gasteiger partial charge in [-0.1, -0.05) is 60.7 Å². The average molecular weight is 476 g/mol. The second kappa shape index (κ2) is 9.97. The van der Waals surface area contributed by atoms with E-state index in [-0.39, 0.29) is 4.91 Å². The Morgan fingerprint density at radius 3 is 2.29 bits per heavy atom. The van der Waals surface area contributed by atoms with E-state index in [0.29, 0.717) is 29.4 Å². The second-order valence-electron chi connectivity index (χ2n) is 7.54. The van der Waals surface area contributed by atoms with Crippen LogP contribution in [0.5, 0.6) is 11.5 Å². The number of carbonyl (C=O) groups is 1. The van der Waals surface area contributed by atoms with E-state index in [0.717, 1.165) is 5.56 Å². The van der Waals surface area contributed by atoms with Crippen LogP contribution in [0, 0.1) is 0 Å². The predicted molar refractivity (Wildman–Crippen MR) is 133 cm³/mol. The summed E-state index contributed by atoms with van der Waals surface area (Å²) in [5.41, 5.74) is 1.76. The smallest absolute Gasteiger partial charge is 0.271 e. The molecular formula is C27H25NO5S. The SMILES string of the molecule is CCOc1ccc(N2C(=O)C(=CC=Cc3ccccc3OC)S(=O)(=O)C2c2ccccc2)cc1. The van der Waals surface area contributed by atoms with E-state index in [1.807, 2.05) is 31.2 Å². The molecule has 3 aromatic rings. The fourth-order valence-electron chi connectivity index (χ4n) is 3.88. The molecule has 6 nitrogen and oxygen atoms in total. The van der Waals surface area contributed by atoms with Gasteiger partial charge >= 0.3 is 0 Å². The first-order valence-corrected chi connectivity index (χ1v) is 12.4. The monoisotopic (exact) mass is 475 g/mol. The number of carbonyl (C=O) groups excluding carboxylic acids is 1. The summed E-state index contributed by atoms with van der Waals surface area (Å²) in [7, 11) is -2.43. The molecule has 7 heteroatoms. The Labute approximate surface area is 199 Å². The lowest BCUT2D eigenvalue weighted by Crippen LogP contribution is -2.28. The van der Waals surface area contributed by atoms with Crippen molar-refractivity contribution in [3.63, 3.8) is 0 Å². The molecule has 0 N–H and O–H groups in total. The highest BCUT2D eigenvalue weighted by Gasteiger charge is 2.49. The molecule has 1 aliphatic rings. The van der Waals surface area contributed by atoms with Crippen LogP contribution in [0.1, 0.15) is 23.4 Å². The van der Waals surface area contributed by atoms with Gasteiger partial charge in [-0.3, -0.25) is 9.69 Å². The molecule has 1 amide bonds. The fourth-order valence-corrected chi connectivity index (χ4v) is 5.74. The normalized spacial score (nSPS) is 18.5. The average Bonchev–Trinajstić information content (AvgIpc) is 3.05. The maximum atomic E-state index is 13.6. The zero-order valence-corrected chi connectivity index (χ0v) is 19.7. The van der Waals surface area contributed by atoms with Gasteiger partial charge < -0.3 is 9.47 Å². The number of ether oxygens (including phenoxy) is 2. The van der Waals surface area contributed by atoms with Crippen LogP contribution in [0.15, 0.2) is 95.9 Å². The highest BCUT2D eigenvalue weighted by Crippen LogP contribution is 2.43. The van der Waals surface area contributed by atoms with Crippen molar-refractivity contribution in [2.45, 2.75) is 12.3 Å². The van der Waals surface area contributed by atoms with Crippen LogP contribution >= 0.6 is 0 Å². The summed E-state index contributed by atoms with van der Waals surface area (Å²) in [6.07, 6.45) is 4.63. The van der Waals surface area contributed by atoms with Crippen LogP contribution < -0.4 is 14.4 Å². The Hall–Kier alpha value is -3.84. The van der Waals surface area contributed by atoms with Crippen LogP contribution in [0.3, 0.4) is 0 Å². The Kier molecular flexibility index (Phi) is 6.84. The quantitative estimate of drug-likeness (QED) is 0.442. The molecule has 174 valence electrons. The van der Waals surface area contributed by atoms with E-state index in [4.69, 9.17) is 9.47 Å². The minimum Gasteiger partial charge on any atom is -0.496 e. The molecule has 1 aliphatic heterocycles. The molecule has 3 aromatic carbocycles. The lowest BCUT2D eigenvalue weighted by Gasteiger charge is -2.23. The summed E-state index contributed by atoms with van der Waals surface area (Å²) in [4.78, 5) is 14.5. The Morgan fingerprint density at radius 2 is 1.62 bits per heavy atom. The Morgan fingerprint density at radius 1 is 0.941 bits per heavy atom. The number of anilines is 1. The highest BCUT2D eigenvalue weighted by atomic mass is 32.2. The topological polar surface area (TPSA) is 72.9 Å². The molecule has 0 aliphatic carbocycles. The van der Waals surface area contributed by atoms with E-state index >= 15 is 0 Å². The van der Waals surface area contributed by atoms with Crippen molar-refractivity contribution in [2.24, 2.45) is 0 Å². The number of methoxy groups -OCH3 is 1. The van der Waals surface area contributed by atoms with Crippen molar-refractivity contribution in [3.8, 4) is 11.5 Å². The Bertz CT molecular complexity index is 1330.